The van der Waals surface area contributed by atoms with Crippen LogP contribution in [0.3, 0.4) is 0 Å². The highest BCUT2D eigenvalue weighted by Crippen LogP contribution is 2.41. The van der Waals surface area contributed by atoms with Crippen LogP contribution in [0.1, 0.15) is 47.8 Å². The van der Waals surface area contributed by atoms with Gasteiger partial charge in [-0.2, -0.15) is 5.10 Å². The van der Waals surface area contributed by atoms with E-state index in [1.165, 1.54) is 6.20 Å². The molecule has 6 heterocycles. The largest absolute Gasteiger partial charge is 0.380 e. The van der Waals surface area contributed by atoms with Gasteiger partial charge >= 0.3 is 0 Å². The molecular weight excluding hydrogens is 470 g/mol. The van der Waals surface area contributed by atoms with Gasteiger partial charge in [-0.3, -0.25) is 14.4 Å². The summed E-state index contributed by atoms with van der Waals surface area (Å²) >= 11 is 0. The second-order valence-electron chi connectivity index (χ2n) is 9.80. The van der Waals surface area contributed by atoms with Crippen molar-refractivity contribution in [3.63, 3.8) is 0 Å². The molecule has 0 bridgehead atoms. The molecule has 0 N–H and O–H groups in total. The lowest BCUT2D eigenvalue weighted by Crippen LogP contribution is -2.47. The Bertz CT molecular complexity index is 1220. The van der Waals surface area contributed by atoms with Crippen LogP contribution in [-0.4, -0.2) is 97.5 Å². The molecule has 3 saturated heterocycles. The molecule has 0 saturated carbocycles. The van der Waals surface area contributed by atoms with Crippen LogP contribution >= 0.6 is 0 Å². The molecule has 3 fully saturated rings. The van der Waals surface area contributed by atoms with E-state index < -0.39 is 9.84 Å². The highest BCUT2D eigenvalue weighted by atomic mass is 32.2. The summed E-state index contributed by atoms with van der Waals surface area (Å²) in [6, 6.07) is 3.96. The molecule has 1 amide bonds. The highest BCUT2D eigenvalue weighted by molar-refractivity contribution is 7.90. The molecule has 4 aliphatic rings. The van der Waals surface area contributed by atoms with E-state index in [0.29, 0.717) is 43.5 Å². The normalized spacial score (nSPS) is 26.7. The van der Waals surface area contributed by atoms with Crippen molar-refractivity contribution in [3.8, 4) is 11.3 Å². The lowest BCUT2D eigenvalue weighted by atomic mass is 10.00. The minimum absolute atomic E-state index is 0.0412. The minimum atomic E-state index is -3.67. The molecule has 188 valence electrons. The second-order valence-corrected chi connectivity index (χ2v) is 11.7. The first-order chi connectivity index (χ1) is 17.0. The predicted molar refractivity (Wildman–Crippen MR) is 127 cm³/mol. The number of pyridine rings is 1. The van der Waals surface area contributed by atoms with E-state index in [1.54, 1.807) is 17.0 Å². The number of carbonyl (C=O) groups is 1. The predicted octanol–water partition coefficient (Wildman–Crippen LogP) is 1.52. The van der Waals surface area contributed by atoms with Gasteiger partial charge in [0, 0.05) is 49.6 Å². The fourth-order valence-corrected chi connectivity index (χ4v) is 7.36. The van der Waals surface area contributed by atoms with Gasteiger partial charge in [0.1, 0.15) is 0 Å². The van der Waals surface area contributed by atoms with Crippen LogP contribution < -0.4 is 0 Å². The Labute approximate surface area is 205 Å². The Morgan fingerprint density at radius 3 is 2.66 bits per heavy atom. The average Bonchev–Trinajstić information content (AvgIpc) is 3.28. The standard InChI is InChI=1S/C24H31N5O5S/c30-24(27-9-12-33-13-10-27)21-20-16-35(31,32)23-19(6-1-7-25-23)22(20)29(26-21)17-4-2-8-28(14-17)18-5-3-11-34-15-18/h1,6-7,17-18H,2-5,8-16H2/t17-,18-/m0/s1. The topological polar surface area (TPSA) is 107 Å². The summed E-state index contributed by atoms with van der Waals surface area (Å²) in [5.41, 5.74) is 2.02. The van der Waals surface area contributed by atoms with Crippen molar-refractivity contribution < 1.29 is 22.7 Å². The van der Waals surface area contributed by atoms with E-state index in [2.05, 4.69) is 9.88 Å². The van der Waals surface area contributed by atoms with Crippen molar-refractivity contribution in [3.05, 3.63) is 29.6 Å². The van der Waals surface area contributed by atoms with Gasteiger partial charge in [0.15, 0.2) is 10.7 Å². The second kappa shape index (κ2) is 9.27. The maximum Gasteiger partial charge on any atom is 0.274 e. The van der Waals surface area contributed by atoms with Gasteiger partial charge in [-0.25, -0.2) is 13.4 Å². The third kappa shape index (κ3) is 4.18. The van der Waals surface area contributed by atoms with E-state index in [4.69, 9.17) is 14.6 Å². The summed E-state index contributed by atoms with van der Waals surface area (Å²) in [6.45, 7) is 5.28. The number of amides is 1. The molecule has 0 radical (unpaired) electrons. The molecular formula is C24H31N5O5S. The Kier molecular flexibility index (Phi) is 6.11. The van der Waals surface area contributed by atoms with Gasteiger partial charge in [0.25, 0.3) is 5.91 Å². The highest BCUT2D eigenvalue weighted by Gasteiger charge is 2.40. The molecule has 0 unspecified atom stereocenters. The van der Waals surface area contributed by atoms with E-state index >= 15 is 0 Å². The molecule has 2 atom stereocenters. The number of carbonyl (C=O) groups excluding carboxylic acids is 1. The number of rotatable bonds is 3. The maximum atomic E-state index is 13.6. The van der Waals surface area contributed by atoms with Crippen molar-refractivity contribution >= 4 is 15.7 Å². The first-order valence-electron chi connectivity index (χ1n) is 12.5. The fourth-order valence-electron chi connectivity index (χ4n) is 5.85. The van der Waals surface area contributed by atoms with Crippen LogP contribution in [0, 0.1) is 0 Å². The molecule has 0 aliphatic carbocycles. The van der Waals surface area contributed by atoms with Crippen LogP contribution in [0.15, 0.2) is 23.4 Å². The summed E-state index contributed by atoms with van der Waals surface area (Å²) in [5, 5.41) is 4.95. The number of piperidine rings is 1. The Hall–Kier alpha value is -2.34. The number of likely N-dealkylation sites (tertiary alicyclic amines) is 1. The molecule has 0 aromatic carbocycles. The number of ether oxygens (including phenoxy) is 2. The molecule has 0 spiro atoms. The zero-order valence-corrected chi connectivity index (χ0v) is 20.6. The molecule has 11 heteroatoms. The van der Waals surface area contributed by atoms with E-state index in [9.17, 15) is 13.2 Å². The Morgan fingerprint density at radius 2 is 1.86 bits per heavy atom. The SMILES string of the molecule is O=C(c1nn([C@H]2CCCN([C@H]3CCCOC3)C2)c2c1CS(=O)(=O)c1ncccc1-2)N1CCOCC1. The van der Waals surface area contributed by atoms with E-state index in [0.717, 1.165) is 57.7 Å². The van der Waals surface area contributed by atoms with Crippen molar-refractivity contribution in [1.29, 1.82) is 0 Å². The van der Waals surface area contributed by atoms with E-state index in [-0.39, 0.29) is 28.4 Å². The molecule has 35 heavy (non-hydrogen) atoms. The van der Waals surface area contributed by atoms with Crippen LogP contribution in [0.25, 0.3) is 11.3 Å². The van der Waals surface area contributed by atoms with Gasteiger partial charge in [-0.05, 0) is 44.4 Å². The van der Waals surface area contributed by atoms with Crippen LogP contribution in [-0.2, 0) is 25.1 Å². The first-order valence-corrected chi connectivity index (χ1v) is 14.2. The summed E-state index contributed by atoms with van der Waals surface area (Å²) < 4.78 is 39.4. The van der Waals surface area contributed by atoms with Gasteiger partial charge in [0.2, 0.25) is 9.84 Å². The third-order valence-electron chi connectivity index (χ3n) is 7.59. The monoisotopic (exact) mass is 501 g/mol. The van der Waals surface area contributed by atoms with Gasteiger partial charge in [-0.1, -0.05) is 0 Å². The van der Waals surface area contributed by atoms with Crippen molar-refractivity contribution in [2.24, 2.45) is 0 Å². The number of fused-ring (bicyclic) bond motifs is 3. The number of hydrogen-bond donors (Lipinski definition) is 0. The lowest BCUT2D eigenvalue weighted by molar-refractivity contribution is 0.00208. The lowest BCUT2D eigenvalue weighted by Gasteiger charge is -2.40. The van der Waals surface area contributed by atoms with Gasteiger partial charge in [0.05, 0.1) is 37.3 Å². The Morgan fingerprint density at radius 1 is 1.03 bits per heavy atom. The Balaban J connectivity index is 1.43. The maximum absolute atomic E-state index is 13.6. The van der Waals surface area contributed by atoms with Gasteiger partial charge in [-0.15, -0.1) is 0 Å². The number of sulfone groups is 1. The minimum Gasteiger partial charge on any atom is -0.380 e. The van der Waals surface area contributed by atoms with Crippen molar-refractivity contribution in [2.45, 2.75) is 48.5 Å². The summed E-state index contributed by atoms with van der Waals surface area (Å²) in [6.07, 6.45) is 5.63. The van der Waals surface area contributed by atoms with Crippen LogP contribution in [0.4, 0.5) is 0 Å². The molecule has 2 aromatic heterocycles. The van der Waals surface area contributed by atoms with Crippen LogP contribution in [0.2, 0.25) is 0 Å². The summed E-state index contributed by atoms with van der Waals surface area (Å²) in [4.78, 5) is 22.0. The van der Waals surface area contributed by atoms with Crippen LogP contribution in [0.5, 0.6) is 0 Å². The third-order valence-corrected chi connectivity index (χ3v) is 9.17. The number of morpholine rings is 1. The quantitative estimate of drug-likeness (QED) is 0.623. The molecule has 10 nitrogen and oxygen atoms in total. The average molecular weight is 502 g/mol. The molecule has 6 rings (SSSR count). The van der Waals surface area contributed by atoms with Crippen molar-refractivity contribution in [1.82, 2.24) is 24.6 Å². The van der Waals surface area contributed by atoms with Gasteiger partial charge < -0.3 is 14.4 Å². The fraction of sp³-hybridized carbons (Fsp3) is 0.625. The smallest absolute Gasteiger partial charge is 0.274 e. The number of nitrogens with zero attached hydrogens (tertiary/aromatic N) is 5. The number of hydrogen-bond acceptors (Lipinski definition) is 8. The first kappa shape index (κ1) is 23.1. The molecule has 2 aromatic rings. The summed E-state index contributed by atoms with van der Waals surface area (Å²) in [5.74, 6) is -0.482. The molecule has 4 aliphatic heterocycles. The zero-order valence-electron chi connectivity index (χ0n) is 19.8. The number of aromatic nitrogens is 3. The summed E-state index contributed by atoms with van der Waals surface area (Å²) in [7, 11) is -3.67. The van der Waals surface area contributed by atoms with Crippen molar-refractivity contribution in [2.75, 3.05) is 52.6 Å². The zero-order chi connectivity index (χ0) is 24.0. The van der Waals surface area contributed by atoms with E-state index in [1.807, 2.05) is 4.68 Å².